The highest BCUT2D eigenvalue weighted by atomic mass is 19.4. The molecule has 3 nitrogen and oxygen atoms in total. The van der Waals surface area contributed by atoms with Gasteiger partial charge in [0.05, 0.1) is 0 Å². The number of amides is 1. The summed E-state index contributed by atoms with van der Waals surface area (Å²) in [5.41, 5.74) is 2.22. The van der Waals surface area contributed by atoms with Crippen molar-refractivity contribution in [2.24, 2.45) is 0 Å². The summed E-state index contributed by atoms with van der Waals surface area (Å²) in [6.45, 7) is 4.74. The zero-order valence-electron chi connectivity index (χ0n) is 12.3. The van der Waals surface area contributed by atoms with Gasteiger partial charge in [-0.3, -0.25) is 4.79 Å². The van der Waals surface area contributed by atoms with Crippen molar-refractivity contribution in [3.63, 3.8) is 0 Å². The number of benzene rings is 1. The molecule has 0 atom stereocenters. The van der Waals surface area contributed by atoms with Crippen LogP contribution in [0.3, 0.4) is 0 Å². The second-order valence-electron chi connectivity index (χ2n) is 4.93. The van der Waals surface area contributed by atoms with Gasteiger partial charge in [0.2, 0.25) is 0 Å². The zero-order valence-corrected chi connectivity index (χ0v) is 12.3. The Bertz CT molecular complexity index is 472. The van der Waals surface area contributed by atoms with Gasteiger partial charge >= 0.3 is 6.18 Å². The first-order valence-electron chi connectivity index (χ1n) is 7.03. The van der Waals surface area contributed by atoms with Crippen LogP contribution in [0.2, 0.25) is 0 Å². The van der Waals surface area contributed by atoms with Crippen molar-refractivity contribution in [1.29, 1.82) is 0 Å². The van der Waals surface area contributed by atoms with Crippen molar-refractivity contribution in [2.75, 3.05) is 18.4 Å². The predicted molar refractivity (Wildman–Crippen MR) is 77.6 cm³/mol. The zero-order chi connectivity index (χ0) is 15.9. The molecule has 0 aliphatic rings. The Balaban J connectivity index is 2.50. The molecule has 0 saturated carbocycles. The normalized spacial score (nSPS) is 11.3. The number of hydrogen-bond donors (Lipinski definition) is 2. The van der Waals surface area contributed by atoms with E-state index < -0.39 is 12.6 Å². The Kier molecular flexibility index (Phi) is 6.52. The Hall–Kier alpha value is -1.72. The lowest BCUT2D eigenvalue weighted by atomic mass is 10.1. The van der Waals surface area contributed by atoms with Gasteiger partial charge in [-0.2, -0.15) is 13.2 Å². The molecule has 0 aliphatic carbocycles. The van der Waals surface area contributed by atoms with Gasteiger partial charge in [0.1, 0.15) is 0 Å². The first kappa shape index (κ1) is 17.3. The third-order valence-corrected chi connectivity index (χ3v) is 2.97. The first-order valence-corrected chi connectivity index (χ1v) is 7.03. The van der Waals surface area contributed by atoms with Crippen LogP contribution in [-0.2, 0) is 0 Å². The van der Waals surface area contributed by atoms with E-state index >= 15 is 0 Å². The Morgan fingerprint density at radius 3 is 2.52 bits per heavy atom. The smallest absolute Gasteiger partial charge is 0.385 e. The predicted octanol–water partition coefficient (Wildman–Crippen LogP) is 3.89. The first-order chi connectivity index (χ1) is 9.83. The maximum absolute atomic E-state index is 12.0. The molecule has 2 N–H and O–H groups in total. The molecule has 0 unspecified atom stereocenters. The average molecular weight is 302 g/mol. The fourth-order valence-corrected chi connectivity index (χ4v) is 1.88. The van der Waals surface area contributed by atoms with Gasteiger partial charge in [0.25, 0.3) is 5.91 Å². The number of carbonyl (C=O) groups is 1. The van der Waals surface area contributed by atoms with E-state index in [0.717, 1.165) is 24.2 Å². The lowest BCUT2D eigenvalue weighted by molar-refractivity contribution is -0.135. The summed E-state index contributed by atoms with van der Waals surface area (Å²) in [7, 11) is 0. The van der Waals surface area contributed by atoms with E-state index in [9.17, 15) is 18.0 Å². The van der Waals surface area contributed by atoms with E-state index in [2.05, 4.69) is 17.6 Å². The molecule has 1 amide bonds. The van der Waals surface area contributed by atoms with Crippen molar-refractivity contribution in [2.45, 2.75) is 39.3 Å². The summed E-state index contributed by atoms with van der Waals surface area (Å²) in [6, 6.07) is 5.35. The van der Waals surface area contributed by atoms with Crippen molar-refractivity contribution >= 4 is 11.6 Å². The van der Waals surface area contributed by atoms with Gasteiger partial charge in [-0.05, 0) is 43.5 Å². The van der Waals surface area contributed by atoms with Crippen LogP contribution in [-0.4, -0.2) is 25.2 Å². The molecule has 0 fully saturated rings. The number of carbonyl (C=O) groups excluding carboxylic acids is 1. The molecule has 0 radical (unpaired) electrons. The van der Waals surface area contributed by atoms with E-state index in [1.807, 2.05) is 13.0 Å². The number of hydrogen-bond acceptors (Lipinski definition) is 2. The van der Waals surface area contributed by atoms with Crippen molar-refractivity contribution in [1.82, 2.24) is 5.32 Å². The molecule has 0 heterocycles. The Morgan fingerprint density at radius 2 is 1.95 bits per heavy atom. The van der Waals surface area contributed by atoms with Gasteiger partial charge in [-0.1, -0.05) is 6.92 Å². The summed E-state index contributed by atoms with van der Waals surface area (Å²) in [5.74, 6) is -0.336. The van der Waals surface area contributed by atoms with Crippen LogP contribution >= 0.6 is 0 Å². The molecule has 0 bridgehead atoms. The van der Waals surface area contributed by atoms with E-state index in [4.69, 9.17) is 0 Å². The minimum Gasteiger partial charge on any atom is -0.385 e. The summed E-state index contributed by atoms with van der Waals surface area (Å²) in [4.78, 5) is 11.9. The lowest BCUT2D eigenvalue weighted by Gasteiger charge is -2.11. The molecule has 0 aromatic heterocycles. The van der Waals surface area contributed by atoms with E-state index in [1.54, 1.807) is 12.1 Å². The molecule has 1 rings (SSSR count). The van der Waals surface area contributed by atoms with Gasteiger partial charge in [-0.15, -0.1) is 0 Å². The summed E-state index contributed by atoms with van der Waals surface area (Å²) in [5, 5.41) is 5.73. The molecule has 21 heavy (non-hydrogen) atoms. The minimum absolute atomic E-state index is 0.0214. The third-order valence-electron chi connectivity index (χ3n) is 2.97. The van der Waals surface area contributed by atoms with Crippen molar-refractivity contribution in [3.05, 3.63) is 29.3 Å². The molecule has 6 heteroatoms. The summed E-state index contributed by atoms with van der Waals surface area (Å²) in [6.07, 6.45) is -4.16. The largest absolute Gasteiger partial charge is 0.389 e. The van der Waals surface area contributed by atoms with E-state index in [-0.39, 0.29) is 18.9 Å². The maximum atomic E-state index is 12.0. The fourth-order valence-electron chi connectivity index (χ4n) is 1.88. The quantitative estimate of drug-likeness (QED) is 0.750. The monoisotopic (exact) mass is 302 g/mol. The maximum Gasteiger partial charge on any atom is 0.389 e. The van der Waals surface area contributed by atoms with Crippen molar-refractivity contribution in [3.8, 4) is 0 Å². The molecular formula is C15H21F3N2O. The van der Waals surface area contributed by atoms with Crippen LogP contribution in [0.4, 0.5) is 18.9 Å². The SMILES string of the molecule is CCCNc1ccc(C(=O)NCCCC(F)(F)F)c(C)c1. The summed E-state index contributed by atoms with van der Waals surface area (Å²) < 4.78 is 36.0. The molecule has 118 valence electrons. The Labute approximate surface area is 122 Å². The molecule has 1 aromatic carbocycles. The fraction of sp³-hybridized carbons (Fsp3) is 0.533. The lowest BCUT2D eigenvalue weighted by Crippen LogP contribution is -2.26. The highest BCUT2D eigenvalue weighted by Crippen LogP contribution is 2.21. The number of aryl methyl sites for hydroxylation is 1. The van der Waals surface area contributed by atoms with Crippen LogP contribution in [0.25, 0.3) is 0 Å². The molecule has 0 aliphatic heterocycles. The van der Waals surface area contributed by atoms with E-state index in [1.165, 1.54) is 0 Å². The van der Waals surface area contributed by atoms with Gasteiger partial charge in [0, 0.05) is 30.8 Å². The van der Waals surface area contributed by atoms with Gasteiger partial charge in [0.15, 0.2) is 0 Å². The van der Waals surface area contributed by atoms with Crippen LogP contribution in [0.1, 0.15) is 42.1 Å². The standard InChI is InChI=1S/C15H21F3N2O/c1-3-8-19-12-5-6-13(11(2)10-12)14(21)20-9-4-7-15(16,17)18/h5-6,10,19H,3-4,7-9H2,1-2H3,(H,20,21). The van der Waals surface area contributed by atoms with Crippen LogP contribution in [0.5, 0.6) is 0 Å². The number of anilines is 1. The van der Waals surface area contributed by atoms with Crippen molar-refractivity contribution < 1.29 is 18.0 Å². The van der Waals surface area contributed by atoms with E-state index in [0.29, 0.717) is 5.56 Å². The molecule has 1 aromatic rings. The summed E-state index contributed by atoms with van der Waals surface area (Å²) >= 11 is 0. The highest BCUT2D eigenvalue weighted by Gasteiger charge is 2.26. The number of nitrogens with one attached hydrogen (secondary N) is 2. The molecule has 0 saturated heterocycles. The number of halogens is 3. The van der Waals surface area contributed by atoms with Crippen LogP contribution in [0, 0.1) is 6.92 Å². The molecular weight excluding hydrogens is 281 g/mol. The van der Waals surface area contributed by atoms with Crippen LogP contribution in [0.15, 0.2) is 18.2 Å². The van der Waals surface area contributed by atoms with Gasteiger partial charge < -0.3 is 10.6 Å². The average Bonchev–Trinajstić information content (AvgIpc) is 2.40. The van der Waals surface area contributed by atoms with Crippen LogP contribution < -0.4 is 10.6 Å². The number of alkyl halides is 3. The highest BCUT2D eigenvalue weighted by molar-refractivity contribution is 5.96. The topological polar surface area (TPSA) is 41.1 Å². The molecule has 0 spiro atoms. The minimum atomic E-state index is -4.17. The third kappa shape index (κ3) is 6.51. The Morgan fingerprint density at radius 1 is 1.24 bits per heavy atom. The van der Waals surface area contributed by atoms with Gasteiger partial charge in [-0.25, -0.2) is 0 Å². The number of rotatable bonds is 7. The second-order valence-corrected chi connectivity index (χ2v) is 4.93. The second kappa shape index (κ2) is 7.90.